The summed E-state index contributed by atoms with van der Waals surface area (Å²) in [7, 11) is 0. The lowest BCUT2D eigenvalue weighted by Gasteiger charge is -2.07. The zero-order chi connectivity index (χ0) is 16.9. The van der Waals surface area contributed by atoms with Gasteiger partial charge in [0.15, 0.2) is 0 Å². The Morgan fingerprint density at radius 3 is 2.67 bits per heavy atom. The van der Waals surface area contributed by atoms with Gasteiger partial charge in [-0.25, -0.2) is 0 Å². The molecule has 0 bridgehead atoms. The highest BCUT2D eigenvalue weighted by molar-refractivity contribution is 5.95. The predicted molar refractivity (Wildman–Crippen MR) is 92.3 cm³/mol. The van der Waals surface area contributed by atoms with Gasteiger partial charge in [-0.3, -0.25) is 14.6 Å². The van der Waals surface area contributed by atoms with Crippen LogP contribution in [0.25, 0.3) is 0 Å². The Morgan fingerprint density at radius 1 is 1.21 bits per heavy atom. The van der Waals surface area contributed by atoms with Crippen molar-refractivity contribution < 1.29 is 9.59 Å². The quantitative estimate of drug-likeness (QED) is 0.859. The van der Waals surface area contributed by atoms with Crippen LogP contribution >= 0.6 is 0 Å². The van der Waals surface area contributed by atoms with Gasteiger partial charge in [-0.15, -0.1) is 0 Å². The smallest absolute Gasteiger partial charge is 0.228 e. The molecule has 2 atom stereocenters. The number of carbonyl (C=O) groups is 2. The highest BCUT2D eigenvalue weighted by Gasteiger charge is 2.44. The maximum absolute atomic E-state index is 12.3. The Balaban J connectivity index is 1.51. The highest BCUT2D eigenvalue weighted by Crippen LogP contribution is 2.47. The Bertz CT molecular complexity index is 713. The van der Waals surface area contributed by atoms with E-state index in [1.54, 1.807) is 6.20 Å². The Morgan fingerprint density at radius 2 is 2.00 bits per heavy atom. The number of nitrogens with zero attached hydrogens (tertiary/aromatic N) is 1. The van der Waals surface area contributed by atoms with Gasteiger partial charge in [-0.1, -0.05) is 25.1 Å². The van der Waals surface area contributed by atoms with Crippen LogP contribution in [0.5, 0.6) is 0 Å². The summed E-state index contributed by atoms with van der Waals surface area (Å²) >= 11 is 0. The van der Waals surface area contributed by atoms with Crippen molar-refractivity contribution in [3.63, 3.8) is 0 Å². The molecule has 1 fully saturated rings. The largest absolute Gasteiger partial charge is 0.352 e. The van der Waals surface area contributed by atoms with E-state index >= 15 is 0 Å². The van der Waals surface area contributed by atoms with Crippen molar-refractivity contribution in [3.8, 4) is 0 Å². The fourth-order valence-corrected chi connectivity index (χ4v) is 2.71. The van der Waals surface area contributed by atoms with Gasteiger partial charge in [-0.2, -0.15) is 0 Å². The Hall–Kier alpha value is -2.69. The first kappa shape index (κ1) is 16.2. The van der Waals surface area contributed by atoms with E-state index in [2.05, 4.69) is 15.6 Å². The second-order valence-electron chi connectivity index (χ2n) is 6.05. The minimum atomic E-state index is 0.0257. The number of benzene rings is 1. The third-order valence-electron chi connectivity index (χ3n) is 4.27. The molecule has 1 heterocycles. The summed E-state index contributed by atoms with van der Waals surface area (Å²) in [5.41, 5.74) is 2.91. The normalized spacial score (nSPS) is 18.7. The third kappa shape index (κ3) is 3.98. The molecule has 1 aromatic carbocycles. The minimum Gasteiger partial charge on any atom is -0.352 e. The summed E-state index contributed by atoms with van der Waals surface area (Å²) < 4.78 is 0. The Labute approximate surface area is 141 Å². The molecular weight excluding hydrogens is 302 g/mol. The lowest BCUT2D eigenvalue weighted by Crippen LogP contribution is -2.21. The van der Waals surface area contributed by atoms with Crippen LogP contribution < -0.4 is 10.6 Å². The average molecular weight is 323 g/mol. The molecule has 2 N–H and O–H groups in total. The number of amides is 2. The predicted octanol–water partition coefficient (Wildman–Crippen LogP) is 2.85. The monoisotopic (exact) mass is 323 g/mol. The van der Waals surface area contributed by atoms with E-state index in [-0.39, 0.29) is 23.7 Å². The van der Waals surface area contributed by atoms with Crippen molar-refractivity contribution in [2.24, 2.45) is 5.92 Å². The van der Waals surface area contributed by atoms with Gasteiger partial charge < -0.3 is 10.6 Å². The third-order valence-corrected chi connectivity index (χ3v) is 4.27. The number of carbonyl (C=O) groups excluding carboxylic acids is 2. The molecule has 0 saturated heterocycles. The van der Waals surface area contributed by atoms with E-state index in [0.29, 0.717) is 13.0 Å². The SMILES string of the molecule is CCC(=O)NCc1ccc(NC(=O)[C@H]2C[C@@H]2c2cccnc2)cc1. The number of rotatable bonds is 6. The Kier molecular flexibility index (Phi) is 4.89. The van der Waals surface area contributed by atoms with Crippen molar-refractivity contribution in [2.45, 2.75) is 32.2 Å². The molecule has 0 aliphatic heterocycles. The van der Waals surface area contributed by atoms with Gasteiger partial charge in [0.05, 0.1) is 0 Å². The van der Waals surface area contributed by atoms with E-state index in [9.17, 15) is 9.59 Å². The molecule has 0 unspecified atom stereocenters. The summed E-state index contributed by atoms with van der Waals surface area (Å²) in [6.45, 7) is 2.33. The summed E-state index contributed by atoms with van der Waals surface area (Å²) in [6, 6.07) is 11.5. The van der Waals surface area contributed by atoms with Crippen molar-refractivity contribution in [3.05, 3.63) is 59.9 Å². The summed E-state index contributed by atoms with van der Waals surface area (Å²) in [5, 5.41) is 5.79. The van der Waals surface area contributed by atoms with E-state index in [0.717, 1.165) is 23.2 Å². The van der Waals surface area contributed by atoms with Crippen LogP contribution in [-0.4, -0.2) is 16.8 Å². The lowest BCUT2D eigenvalue weighted by molar-refractivity contribution is -0.121. The summed E-state index contributed by atoms with van der Waals surface area (Å²) in [5.74, 6) is 0.387. The van der Waals surface area contributed by atoms with Crippen LogP contribution in [0.15, 0.2) is 48.8 Å². The molecule has 1 aliphatic carbocycles. The minimum absolute atomic E-state index is 0.0257. The first-order chi connectivity index (χ1) is 11.7. The second kappa shape index (κ2) is 7.25. The standard InChI is InChI=1S/C19H21N3O2/c1-2-18(23)21-11-13-5-7-15(8-6-13)22-19(24)17-10-16(17)14-4-3-9-20-12-14/h3-9,12,16-17H,2,10-11H2,1H3,(H,21,23)(H,22,24)/t16-,17+/m1/s1. The maximum Gasteiger partial charge on any atom is 0.228 e. The fraction of sp³-hybridized carbons (Fsp3) is 0.316. The molecule has 0 radical (unpaired) electrons. The van der Waals surface area contributed by atoms with Crippen LogP contribution in [0.2, 0.25) is 0 Å². The number of nitrogens with one attached hydrogen (secondary N) is 2. The second-order valence-corrected chi connectivity index (χ2v) is 6.05. The average Bonchev–Trinajstić information content (AvgIpc) is 3.42. The highest BCUT2D eigenvalue weighted by atomic mass is 16.2. The van der Waals surface area contributed by atoms with E-state index in [1.807, 2.05) is 49.5 Å². The molecule has 5 heteroatoms. The molecule has 1 aliphatic rings. The molecule has 1 aromatic heterocycles. The molecule has 2 aromatic rings. The first-order valence-electron chi connectivity index (χ1n) is 8.23. The summed E-state index contributed by atoms with van der Waals surface area (Å²) in [4.78, 5) is 27.7. The fourth-order valence-electron chi connectivity index (χ4n) is 2.71. The van der Waals surface area contributed by atoms with Gasteiger partial charge in [0.25, 0.3) is 0 Å². The molecule has 24 heavy (non-hydrogen) atoms. The number of aromatic nitrogens is 1. The zero-order valence-electron chi connectivity index (χ0n) is 13.7. The topological polar surface area (TPSA) is 71.1 Å². The van der Waals surface area contributed by atoms with Crippen LogP contribution in [0.3, 0.4) is 0 Å². The van der Waals surface area contributed by atoms with Gasteiger partial charge >= 0.3 is 0 Å². The lowest BCUT2D eigenvalue weighted by atomic mass is 10.1. The molecule has 5 nitrogen and oxygen atoms in total. The van der Waals surface area contributed by atoms with Crippen LogP contribution in [-0.2, 0) is 16.1 Å². The zero-order valence-corrected chi connectivity index (χ0v) is 13.7. The number of pyridine rings is 1. The van der Waals surface area contributed by atoms with Gasteiger partial charge in [0, 0.05) is 37.0 Å². The molecule has 3 rings (SSSR count). The van der Waals surface area contributed by atoms with Crippen LogP contribution in [0.1, 0.15) is 36.8 Å². The van der Waals surface area contributed by atoms with Gasteiger partial charge in [0.1, 0.15) is 0 Å². The molecule has 0 spiro atoms. The number of anilines is 1. The molecule has 124 valence electrons. The van der Waals surface area contributed by atoms with Crippen LogP contribution in [0, 0.1) is 5.92 Å². The van der Waals surface area contributed by atoms with Crippen molar-refractivity contribution in [2.75, 3.05) is 5.32 Å². The molecule has 1 saturated carbocycles. The molecular formula is C19H21N3O2. The van der Waals surface area contributed by atoms with E-state index in [4.69, 9.17) is 0 Å². The van der Waals surface area contributed by atoms with Gasteiger partial charge in [-0.05, 0) is 41.7 Å². The van der Waals surface area contributed by atoms with Crippen molar-refractivity contribution in [1.82, 2.24) is 10.3 Å². The summed E-state index contributed by atoms with van der Waals surface area (Å²) in [6.07, 6.45) is 4.93. The number of hydrogen-bond acceptors (Lipinski definition) is 3. The van der Waals surface area contributed by atoms with Gasteiger partial charge in [0.2, 0.25) is 11.8 Å². The van der Waals surface area contributed by atoms with Crippen molar-refractivity contribution >= 4 is 17.5 Å². The van der Waals surface area contributed by atoms with Crippen LogP contribution in [0.4, 0.5) is 5.69 Å². The first-order valence-corrected chi connectivity index (χ1v) is 8.23. The van der Waals surface area contributed by atoms with E-state index in [1.165, 1.54) is 0 Å². The van der Waals surface area contributed by atoms with Crippen molar-refractivity contribution in [1.29, 1.82) is 0 Å². The molecule has 2 amide bonds. The number of hydrogen-bond donors (Lipinski definition) is 2. The van der Waals surface area contributed by atoms with E-state index < -0.39 is 0 Å². The maximum atomic E-state index is 12.3.